The van der Waals surface area contributed by atoms with Crippen LogP contribution in [0.1, 0.15) is 19.4 Å². The number of carbonyl (C=O) groups is 3. The van der Waals surface area contributed by atoms with Crippen molar-refractivity contribution in [1.29, 1.82) is 0 Å². The highest BCUT2D eigenvalue weighted by atomic mass is 16.5. The quantitative estimate of drug-likeness (QED) is 0.544. The van der Waals surface area contributed by atoms with Crippen LogP contribution in [-0.4, -0.2) is 45.2 Å². The molecular formula is C23H25N3O5. The number of benzene rings is 2. The van der Waals surface area contributed by atoms with E-state index in [0.29, 0.717) is 22.7 Å². The van der Waals surface area contributed by atoms with Gasteiger partial charge in [-0.15, -0.1) is 0 Å². The van der Waals surface area contributed by atoms with Crippen LogP contribution >= 0.6 is 0 Å². The Hall–Kier alpha value is -3.81. The van der Waals surface area contributed by atoms with E-state index < -0.39 is 17.8 Å². The van der Waals surface area contributed by atoms with Crippen LogP contribution in [0.4, 0.5) is 16.2 Å². The summed E-state index contributed by atoms with van der Waals surface area (Å²) in [7, 11) is 3.05. The summed E-state index contributed by atoms with van der Waals surface area (Å²) in [6, 6.07) is 11.1. The molecule has 1 aliphatic heterocycles. The molecule has 1 N–H and O–H groups in total. The summed E-state index contributed by atoms with van der Waals surface area (Å²) in [6.45, 7) is 5.78. The summed E-state index contributed by atoms with van der Waals surface area (Å²) in [5.74, 6) is -0.368. The molecule has 2 aromatic carbocycles. The van der Waals surface area contributed by atoms with Crippen LogP contribution in [0.25, 0.3) is 6.08 Å². The molecule has 8 nitrogen and oxygen atoms in total. The van der Waals surface area contributed by atoms with Gasteiger partial charge in [0.05, 0.1) is 19.9 Å². The first-order valence-electron chi connectivity index (χ1n) is 9.91. The van der Waals surface area contributed by atoms with E-state index in [2.05, 4.69) is 24.1 Å². The molecule has 1 saturated heterocycles. The van der Waals surface area contributed by atoms with E-state index >= 15 is 0 Å². The summed E-state index contributed by atoms with van der Waals surface area (Å²) in [5, 5.41) is 2.22. The van der Waals surface area contributed by atoms with Crippen molar-refractivity contribution >= 4 is 35.3 Å². The fourth-order valence-corrected chi connectivity index (χ4v) is 3.38. The highest BCUT2D eigenvalue weighted by Gasteiger charge is 2.37. The number of methoxy groups -OCH3 is 2. The van der Waals surface area contributed by atoms with Gasteiger partial charge in [0, 0.05) is 30.4 Å². The minimum atomic E-state index is -0.804. The Kier molecular flexibility index (Phi) is 6.59. The average molecular weight is 423 g/mol. The lowest BCUT2D eigenvalue weighted by Gasteiger charge is -2.26. The molecule has 0 bridgehead atoms. The molecular weight excluding hydrogens is 398 g/mol. The molecule has 4 amide bonds. The molecule has 0 saturated carbocycles. The number of ether oxygens (including phenoxy) is 2. The maximum atomic E-state index is 13.1. The van der Waals surface area contributed by atoms with E-state index in [9.17, 15) is 14.4 Å². The Bertz CT molecular complexity index is 1030. The molecule has 0 atom stereocenters. The Morgan fingerprint density at radius 3 is 2.23 bits per heavy atom. The Morgan fingerprint density at radius 1 is 0.968 bits per heavy atom. The van der Waals surface area contributed by atoms with Gasteiger partial charge >= 0.3 is 6.03 Å². The number of hydrogen-bond acceptors (Lipinski definition) is 6. The monoisotopic (exact) mass is 423 g/mol. The molecule has 31 heavy (non-hydrogen) atoms. The first kappa shape index (κ1) is 21.9. The van der Waals surface area contributed by atoms with E-state index in [0.717, 1.165) is 23.7 Å². The van der Waals surface area contributed by atoms with Crippen molar-refractivity contribution < 1.29 is 23.9 Å². The normalized spacial score (nSPS) is 15.2. The number of urea groups is 1. The van der Waals surface area contributed by atoms with Crippen molar-refractivity contribution in [2.24, 2.45) is 0 Å². The lowest BCUT2D eigenvalue weighted by Crippen LogP contribution is -2.54. The van der Waals surface area contributed by atoms with Crippen LogP contribution in [0.15, 0.2) is 48.0 Å². The first-order chi connectivity index (χ1) is 14.9. The number of nitrogens with one attached hydrogen (secondary N) is 1. The molecule has 162 valence electrons. The third-order valence-corrected chi connectivity index (χ3v) is 5.08. The Balaban J connectivity index is 1.99. The van der Waals surface area contributed by atoms with E-state index in [1.165, 1.54) is 20.3 Å². The van der Waals surface area contributed by atoms with Gasteiger partial charge in [-0.25, -0.2) is 9.69 Å². The van der Waals surface area contributed by atoms with Crippen LogP contribution in [0.2, 0.25) is 0 Å². The number of nitrogens with zero attached hydrogens (tertiary/aromatic N) is 2. The second-order valence-corrected chi connectivity index (χ2v) is 6.75. The van der Waals surface area contributed by atoms with E-state index in [1.807, 2.05) is 12.1 Å². The minimum Gasteiger partial charge on any atom is -0.497 e. The zero-order valence-corrected chi connectivity index (χ0v) is 18.0. The SMILES string of the molecule is CCN(CC)c1ccc(C=C2C(=O)NC(=O)N(c3ccc(OC)cc3)C2=O)c(OC)c1. The second-order valence-electron chi connectivity index (χ2n) is 6.75. The molecule has 0 aromatic heterocycles. The largest absolute Gasteiger partial charge is 0.497 e. The molecule has 0 radical (unpaired) electrons. The number of imide groups is 2. The van der Waals surface area contributed by atoms with Crippen molar-refractivity contribution in [1.82, 2.24) is 5.32 Å². The number of amides is 4. The van der Waals surface area contributed by atoms with Gasteiger partial charge in [-0.05, 0) is 56.3 Å². The Morgan fingerprint density at radius 2 is 1.65 bits per heavy atom. The van der Waals surface area contributed by atoms with E-state index in [1.54, 1.807) is 30.3 Å². The number of anilines is 2. The zero-order valence-electron chi connectivity index (χ0n) is 18.0. The van der Waals surface area contributed by atoms with E-state index in [4.69, 9.17) is 9.47 Å². The van der Waals surface area contributed by atoms with Gasteiger partial charge < -0.3 is 14.4 Å². The summed E-state index contributed by atoms with van der Waals surface area (Å²) in [6.07, 6.45) is 1.44. The van der Waals surface area contributed by atoms with Gasteiger partial charge in [0.25, 0.3) is 11.8 Å². The van der Waals surface area contributed by atoms with E-state index in [-0.39, 0.29) is 5.57 Å². The zero-order chi connectivity index (χ0) is 22.5. The summed E-state index contributed by atoms with van der Waals surface area (Å²) < 4.78 is 10.6. The lowest BCUT2D eigenvalue weighted by molar-refractivity contribution is -0.122. The number of carbonyl (C=O) groups excluding carboxylic acids is 3. The van der Waals surface area contributed by atoms with Gasteiger partial charge in [-0.1, -0.05) is 0 Å². The maximum absolute atomic E-state index is 13.1. The molecule has 0 aliphatic carbocycles. The molecule has 3 rings (SSSR count). The fourth-order valence-electron chi connectivity index (χ4n) is 3.38. The molecule has 8 heteroatoms. The van der Waals surface area contributed by atoms with Crippen LogP contribution in [0.3, 0.4) is 0 Å². The molecule has 1 heterocycles. The van der Waals surface area contributed by atoms with Crippen molar-refractivity contribution in [3.8, 4) is 11.5 Å². The third-order valence-electron chi connectivity index (χ3n) is 5.08. The third kappa shape index (κ3) is 4.37. The van der Waals surface area contributed by atoms with Crippen LogP contribution < -0.4 is 24.6 Å². The fraction of sp³-hybridized carbons (Fsp3) is 0.261. The highest BCUT2D eigenvalue weighted by molar-refractivity contribution is 6.39. The van der Waals surface area contributed by atoms with Crippen molar-refractivity contribution in [2.45, 2.75) is 13.8 Å². The molecule has 1 aliphatic rings. The smallest absolute Gasteiger partial charge is 0.335 e. The van der Waals surface area contributed by atoms with Gasteiger partial charge in [-0.3, -0.25) is 14.9 Å². The predicted octanol–water partition coefficient (Wildman–Crippen LogP) is 3.22. The summed E-state index contributed by atoms with van der Waals surface area (Å²) in [4.78, 5) is 41.0. The molecule has 0 unspecified atom stereocenters. The highest BCUT2D eigenvalue weighted by Crippen LogP contribution is 2.29. The van der Waals surface area contributed by atoms with Crippen LogP contribution in [-0.2, 0) is 9.59 Å². The number of rotatable bonds is 7. The topological polar surface area (TPSA) is 88.2 Å². The summed E-state index contributed by atoms with van der Waals surface area (Å²) in [5.41, 5.74) is 1.69. The van der Waals surface area contributed by atoms with Crippen molar-refractivity contribution in [3.63, 3.8) is 0 Å². The van der Waals surface area contributed by atoms with Crippen LogP contribution in [0.5, 0.6) is 11.5 Å². The average Bonchev–Trinajstić information content (AvgIpc) is 2.78. The van der Waals surface area contributed by atoms with Gasteiger partial charge in [0.15, 0.2) is 0 Å². The second kappa shape index (κ2) is 9.34. The number of barbiturate groups is 1. The van der Waals surface area contributed by atoms with Crippen molar-refractivity contribution in [2.75, 3.05) is 37.1 Å². The lowest BCUT2D eigenvalue weighted by atomic mass is 10.1. The molecule has 2 aromatic rings. The maximum Gasteiger partial charge on any atom is 0.335 e. The predicted molar refractivity (Wildman–Crippen MR) is 119 cm³/mol. The van der Waals surface area contributed by atoms with Gasteiger partial charge in [0.2, 0.25) is 0 Å². The molecule has 0 spiro atoms. The minimum absolute atomic E-state index is 0.163. The summed E-state index contributed by atoms with van der Waals surface area (Å²) >= 11 is 0. The first-order valence-corrected chi connectivity index (χ1v) is 9.91. The van der Waals surface area contributed by atoms with Crippen LogP contribution in [0, 0.1) is 0 Å². The van der Waals surface area contributed by atoms with Gasteiger partial charge in [0.1, 0.15) is 17.1 Å². The van der Waals surface area contributed by atoms with Gasteiger partial charge in [-0.2, -0.15) is 0 Å². The van der Waals surface area contributed by atoms with Crippen molar-refractivity contribution in [3.05, 3.63) is 53.6 Å². The standard InChI is InChI=1S/C23H25N3O5/c1-5-25(6-2)17-8-7-15(20(14-17)31-4)13-19-21(27)24-23(29)26(22(19)28)16-9-11-18(30-3)12-10-16/h7-14H,5-6H2,1-4H3,(H,24,27,29). The Labute approximate surface area is 181 Å². The molecule has 1 fully saturated rings. The number of hydrogen-bond donors (Lipinski definition) is 1.